The molecule has 0 aromatic carbocycles. The maximum atomic E-state index is 5.26. The zero-order chi connectivity index (χ0) is 11.7. The molecule has 88 valence electrons. The average Bonchev–Trinajstić information content (AvgIpc) is 2.90. The van der Waals surface area contributed by atoms with E-state index in [2.05, 4.69) is 22.5 Å². The van der Waals surface area contributed by atoms with Gasteiger partial charge in [0, 0.05) is 10.9 Å². The monoisotopic (exact) mass is 255 g/mol. The summed E-state index contributed by atoms with van der Waals surface area (Å²) < 4.78 is 0. The van der Waals surface area contributed by atoms with Gasteiger partial charge >= 0.3 is 0 Å². The Hall–Kier alpha value is -0.680. The average molecular weight is 255 g/mol. The summed E-state index contributed by atoms with van der Waals surface area (Å²) in [6, 6.07) is 0.849. The third-order valence-corrected chi connectivity index (χ3v) is 4.08. The van der Waals surface area contributed by atoms with Crippen molar-refractivity contribution in [3.05, 3.63) is 15.6 Å². The van der Waals surface area contributed by atoms with Crippen LogP contribution in [-0.2, 0) is 0 Å². The summed E-state index contributed by atoms with van der Waals surface area (Å²) in [4.78, 5) is 5.70. The van der Waals surface area contributed by atoms with E-state index in [1.165, 1.54) is 17.7 Å². The predicted octanol–water partition coefficient (Wildman–Crippen LogP) is 2.45. The van der Waals surface area contributed by atoms with E-state index in [1.807, 2.05) is 13.8 Å². The van der Waals surface area contributed by atoms with Crippen LogP contribution in [0.15, 0.2) is 0 Å². The molecule has 0 spiro atoms. The van der Waals surface area contributed by atoms with Gasteiger partial charge in [-0.25, -0.2) is 4.98 Å². The minimum absolute atomic E-state index is 0.241. The molecule has 3 nitrogen and oxygen atoms in total. The Balaban J connectivity index is 1.93. The summed E-state index contributed by atoms with van der Waals surface area (Å²) in [5.41, 5.74) is 1.11. The number of aromatic nitrogens is 1. The highest BCUT2D eigenvalue weighted by Crippen LogP contribution is 2.24. The second kappa shape index (κ2) is 4.67. The Labute approximate surface area is 106 Å². The van der Waals surface area contributed by atoms with Gasteiger partial charge in [0.05, 0.1) is 16.7 Å². The van der Waals surface area contributed by atoms with Gasteiger partial charge in [0.2, 0.25) is 0 Å². The summed E-state index contributed by atoms with van der Waals surface area (Å²) in [6.45, 7) is 6.21. The van der Waals surface area contributed by atoms with Gasteiger partial charge < -0.3 is 10.6 Å². The molecule has 1 unspecified atom stereocenters. The SMILES string of the molecule is Cc1nc(C)c(C(C)NC(=S)NC2CC2)s1. The number of hydrogen-bond acceptors (Lipinski definition) is 3. The molecule has 2 N–H and O–H groups in total. The van der Waals surface area contributed by atoms with E-state index < -0.39 is 0 Å². The van der Waals surface area contributed by atoms with Crippen LogP contribution in [0.1, 0.15) is 41.4 Å². The Morgan fingerprint density at radius 1 is 1.50 bits per heavy atom. The lowest BCUT2D eigenvalue weighted by Gasteiger charge is -2.15. The smallest absolute Gasteiger partial charge is 0.167 e. The van der Waals surface area contributed by atoms with Crippen LogP contribution in [0.3, 0.4) is 0 Å². The van der Waals surface area contributed by atoms with Crippen LogP contribution in [0.5, 0.6) is 0 Å². The predicted molar refractivity (Wildman–Crippen MR) is 71.9 cm³/mol. The van der Waals surface area contributed by atoms with Gasteiger partial charge in [0.1, 0.15) is 0 Å². The Kier molecular flexibility index (Phi) is 3.44. The molecule has 1 heterocycles. The summed E-state index contributed by atoms with van der Waals surface area (Å²) in [5.74, 6) is 0. The fourth-order valence-corrected chi connectivity index (χ4v) is 2.94. The standard InChI is InChI=1S/C11H17N3S2/c1-6-10(16-8(3)12-6)7(2)13-11(15)14-9-4-5-9/h7,9H,4-5H2,1-3H3,(H2,13,14,15). The van der Waals surface area contributed by atoms with Gasteiger partial charge in [-0.05, 0) is 45.8 Å². The second-order valence-electron chi connectivity index (χ2n) is 4.30. The molecule has 0 aliphatic heterocycles. The molecule has 16 heavy (non-hydrogen) atoms. The van der Waals surface area contributed by atoms with Crippen LogP contribution in [0.4, 0.5) is 0 Å². The van der Waals surface area contributed by atoms with Crippen molar-refractivity contribution in [3.8, 4) is 0 Å². The fraction of sp³-hybridized carbons (Fsp3) is 0.636. The maximum Gasteiger partial charge on any atom is 0.167 e. The molecule has 1 atom stereocenters. The van der Waals surface area contributed by atoms with Gasteiger partial charge in [0.15, 0.2) is 5.11 Å². The quantitative estimate of drug-likeness (QED) is 0.814. The topological polar surface area (TPSA) is 37.0 Å². The fourth-order valence-electron chi connectivity index (χ4n) is 1.67. The van der Waals surface area contributed by atoms with Crippen LogP contribution < -0.4 is 10.6 Å². The summed E-state index contributed by atoms with van der Waals surface area (Å²) in [6.07, 6.45) is 2.49. The molecule has 1 aliphatic rings. The van der Waals surface area contributed by atoms with E-state index in [1.54, 1.807) is 11.3 Å². The van der Waals surface area contributed by atoms with Gasteiger partial charge in [0.25, 0.3) is 0 Å². The highest BCUT2D eigenvalue weighted by Gasteiger charge is 2.22. The van der Waals surface area contributed by atoms with Crippen LogP contribution in [-0.4, -0.2) is 16.1 Å². The Morgan fingerprint density at radius 3 is 2.69 bits per heavy atom. The summed E-state index contributed by atoms with van der Waals surface area (Å²) >= 11 is 7.00. The molecule has 1 aromatic heterocycles. The van der Waals surface area contributed by atoms with Crippen molar-refractivity contribution >= 4 is 28.7 Å². The Bertz CT molecular complexity index is 396. The molecule has 0 radical (unpaired) electrons. The molecular weight excluding hydrogens is 238 g/mol. The Morgan fingerprint density at radius 2 is 2.19 bits per heavy atom. The number of aryl methyl sites for hydroxylation is 2. The van der Waals surface area contributed by atoms with Gasteiger partial charge in [-0.3, -0.25) is 0 Å². The van der Waals surface area contributed by atoms with Crippen LogP contribution in [0, 0.1) is 13.8 Å². The van der Waals surface area contributed by atoms with Crippen LogP contribution in [0.25, 0.3) is 0 Å². The van der Waals surface area contributed by atoms with Gasteiger partial charge in [-0.15, -0.1) is 11.3 Å². The van der Waals surface area contributed by atoms with Crippen molar-refractivity contribution in [1.82, 2.24) is 15.6 Å². The first-order valence-corrected chi connectivity index (χ1v) is 6.79. The van der Waals surface area contributed by atoms with Crippen molar-refractivity contribution in [2.75, 3.05) is 0 Å². The lowest BCUT2D eigenvalue weighted by molar-refractivity contribution is 0.703. The van der Waals surface area contributed by atoms with Crippen molar-refractivity contribution in [3.63, 3.8) is 0 Å². The second-order valence-corrected chi connectivity index (χ2v) is 5.94. The number of nitrogens with one attached hydrogen (secondary N) is 2. The minimum Gasteiger partial charge on any atom is -0.360 e. The van der Waals surface area contributed by atoms with Crippen molar-refractivity contribution < 1.29 is 0 Å². The summed E-state index contributed by atoms with van der Waals surface area (Å²) in [5, 5.41) is 8.48. The first-order chi connectivity index (χ1) is 7.56. The van der Waals surface area contributed by atoms with Gasteiger partial charge in [-0.2, -0.15) is 0 Å². The maximum absolute atomic E-state index is 5.26. The number of thiocarbonyl (C=S) groups is 1. The van der Waals surface area contributed by atoms with E-state index in [0.717, 1.165) is 15.8 Å². The van der Waals surface area contributed by atoms with E-state index in [-0.39, 0.29) is 6.04 Å². The highest BCUT2D eigenvalue weighted by molar-refractivity contribution is 7.80. The minimum atomic E-state index is 0.241. The lowest BCUT2D eigenvalue weighted by Crippen LogP contribution is -2.37. The third kappa shape index (κ3) is 2.92. The molecular formula is C11H17N3S2. The first kappa shape index (κ1) is 11.8. The van der Waals surface area contributed by atoms with Crippen molar-refractivity contribution in [1.29, 1.82) is 0 Å². The molecule has 5 heteroatoms. The van der Waals surface area contributed by atoms with E-state index in [0.29, 0.717) is 6.04 Å². The third-order valence-electron chi connectivity index (χ3n) is 2.59. The molecule has 0 amide bonds. The lowest BCUT2D eigenvalue weighted by atomic mass is 10.2. The van der Waals surface area contributed by atoms with Crippen molar-refractivity contribution in [2.45, 2.75) is 45.7 Å². The molecule has 2 rings (SSSR count). The zero-order valence-corrected chi connectivity index (χ0v) is 11.5. The van der Waals surface area contributed by atoms with Crippen molar-refractivity contribution in [2.24, 2.45) is 0 Å². The van der Waals surface area contributed by atoms with Gasteiger partial charge in [-0.1, -0.05) is 0 Å². The van der Waals surface area contributed by atoms with E-state index in [9.17, 15) is 0 Å². The highest BCUT2D eigenvalue weighted by atomic mass is 32.1. The molecule has 0 saturated heterocycles. The van der Waals surface area contributed by atoms with Crippen LogP contribution in [0.2, 0.25) is 0 Å². The number of rotatable bonds is 3. The largest absolute Gasteiger partial charge is 0.360 e. The molecule has 1 aliphatic carbocycles. The zero-order valence-electron chi connectivity index (χ0n) is 9.83. The number of nitrogens with zero attached hydrogens (tertiary/aromatic N) is 1. The number of hydrogen-bond donors (Lipinski definition) is 2. The molecule has 0 bridgehead atoms. The first-order valence-electron chi connectivity index (χ1n) is 5.57. The summed E-state index contributed by atoms with van der Waals surface area (Å²) in [7, 11) is 0. The number of thiazole rings is 1. The molecule has 1 saturated carbocycles. The molecule has 1 aromatic rings. The van der Waals surface area contributed by atoms with E-state index >= 15 is 0 Å². The molecule has 1 fully saturated rings. The van der Waals surface area contributed by atoms with Crippen LogP contribution >= 0.6 is 23.6 Å². The normalized spacial score (nSPS) is 16.9. The van der Waals surface area contributed by atoms with E-state index in [4.69, 9.17) is 12.2 Å².